The van der Waals surface area contributed by atoms with Crippen LogP contribution in [0.3, 0.4) is 0 Å². The van der Waals surface area contributed by atoms with E-state index in [-0.39, 0.29) is 17.9 Å². The van der Waals surface area contributed by atoms with Crippen LogP contribution in [0.5, 0.6) is 0 Å². The number of aromatic nitrogens is 2. The zero-order valence-electron chi connectivity index (χ0n) is 12.3. The molecule has 1 heterocycles. The average molecular weight is 289 g/mol. The molecular formula is C15H19N3O3. The lowest BCUT2D eigenvalue weighted by atomic mass is 10.1. The number of hydrogen-bond donors (Lipinski definition) is 1. The first-order valence-electron chi connectivity index (χ1n) is 6.84. The van der Waals surface area contributed by atoms with Crippen LogP contribution in [0.4, 0.5) is 0 Å². The molecule has 21 heavy (non-hydrogen) atoms. The standard InChI is InChI=1S/C15H19N3O3/c1-11-4-3-5-12-14(11)17-10-18(15(12)20)8-6-13(19)16-7-9-21-2/h3-5,10H,6-9H2,1-2H3,(H,16,19). The molecule has 0 radical (unpaired) electrons. The van der Waals surface area contributed by atoms with Crippen LogP contribution in [0.25, 0.3) is 10.9 Å². The normalized spacial score (nSPS) is 10.8. The zero-order valence-corrected chi connectivity index (χ0v) is 12.3. The van der Waals surface area contributed by atoms with Gasteiger partial charge in [-0.2, -0.15) is 0 Å². The first kappa shape index (κ1) is 15.2. The molecule has 6 heteroatoms. The first-order chi connectivity index (χ1) is 10.1. The summed E-state index contributed by atoms with van der Waals surface area (Å²) in [5.74, 6) is -0.108. The molecule has 0 spiro atoms. The van der Waals surface area contributed by atoms with E-state index in [2.05, 4.69) is 10.3 Å². The van der Waals surface area contributed by atoms with Crippen molar-refractivity contribution in [1.82, 2.24) is 14.9 Å². The molecule has 0 fully saturated rings. The van der Waals surface area contributed by atoms with Gasteiger partial charge in [-0.1, -0.05) is 12.1 Å². The molecule has 1 N–H and O–H groups in total. The van der Waals surface area contributed by atoms with Crippen LogP contribution in [0.1, 0.15) is 12.0 Å². The van der Waals surface area contributed by atoms with E-state index in [1.165, 1.54) is 10.9 Å². The molecule has 2 rings (SSSR count). The molecule has 0 aliphatic carbocycles. The summed E-state index contributed by atoms with van der Waals surface area (Å²) in [6.45, 7) is 3.18. The number of benzene rings is 1. The molecule has 0 saturated heterocycles. The summed E-state index contributed by atoms with van der Waals surface area (Å²) in [7, 11) is 1.58. The highest BCUT2D eigenvalue weighted by molar-refractivity contribution is 5.80. The predicted octanol–water partition coefficient (Wildman–Crippen LogP) is 0.858. The Labute approximate surface area is 122 Å². The van der Waals surface area contributed by atoms with E-state index in [4.69, 9.17) is 4.74 Å². The van der Waals surface area contributed by atoms with Crippen LogP contribution >= 0.6 is 0 Å². The van der Waals surface area contributed by atoms with Crippen molar-refractivity contribution in [1.29, 1.82) is 0 Å². The van der Waals surface area contributed by atoms with Crippen LogP contribution in [0, 0.1) is 6.92 Å². The van der Waals surface area contributed by atoms with E-state index in [1.54, 1.807) is 13.2 Å². The molecule has 0 aliphatic heterocycles. The van der Waals surface area contributed by atoms with E-state index in [0.717, 1.165) is 5.56 Å². The SMILES string of the molecule is COCCNC(=O)CCn1cnc2c(C)cccc2c1=O. The van der Waals surface area contributed by atoms with Crippen LogP contribution in [-0.4, -0.2) is 35.7 Å². The summed E-state index contributed by atoms with van der Waals surface area (Å²) < 4.78 is 6.32. The van der Waals surface area contributed by atoms with Gasteiger partial charge in [-0.3, -0.25) is 14.2 Å². The highest BCUT2D eigenvalue weighted by Crippen LogP contribution is 2.11. The summed E-state index contributed by atoms with van der Waals surface area (Å²) in [6, 6.07) is 5.51. The van der Waals surface area contributed by atoms with Gasteiger partial charge in [0.25, 0.3) is 5.56 Å². The summed E-state index contributed by atoms with van der Waals surface area (Å²) in [6.07, 6.45) is 1.74. The Bertz CT molecular complexity index is 694. The maximum absolute atomic E-state index is 12.3. The quantitative estimate of drug-likeness (QED) is 0.800. The second kappa shape index (κ2) is 6.99. The number of rotatable bonds is 6. The van der Waals surface area contributed by atoms with E-state index in [1.807, 2.05) is 19.1 Å². The van der Waals surface area contributed by atoms with Crippen molar-refractivity contribution in [2.45, 2.75) is 19.9 Å². The lowest BCUT2D eigenvalue weighted by molar-refractivity contribution is -0.121. The van der Waals surface area contributed by atoms with Crippen LogP contribution in [-0.2, 0) is 16.1 Å². The van der Waals surface area contributed by atoms with Crippen molar-refractivity contribution in [2.24, 2.45) is 0 Å². The fraction of sp³-hybridized carbons (Fsp3) is 0.400. The highest BCUT2D eigenvalue weighted by Gasteiger charge is 2.07. The molecule has 1 amide bonds. The van der Waals surface area contributed by atoms with Crippen molar-refractivity contribution >= 4 is 16.8 Å². The van der Waals surface area contributed by atoms with Gasteiger partial charge >= 0.3 is 0 Å². The number of aryl methyl sites for hydroxylation is 2. The van der Waals surface area contributed by atoms with E-state index >= 15 is 0 Å². The Kier molecular flexibility index (Phi) is 5.05. The zero-order chi connectivity index (χ0) is 15.2. The van der Waals surface area contributed by atoms with E-state index in [0.29, 0.717) is 30.6 Å². The second-order valence-electron chi connectivity index (χ2n) is 4.81. The number of methoxy groups -OCH3 is 1. The monoisotopic (exact) mass is 289 g/mol. The van der Waals surface area contributed by atoms with Crippen molar-refractivity contribution in [3.63, 3.8) is 0 Å². The lowest BCUT2D eigenvalue weighted by Gasteiger charge is -2.08. The van der Waals surface area contributed by atoms with Gasteiger partial charge in [0.2, 0.25) is 5.91 Å². The number of hydrogen-bond acceptors (Lipinski definition) is 4. The average Bonchev–Trinajstić information content (AvgIpc) is 2.48. The van der Waals surface area contributed by atoms with Gasteiger partial charge in [-0.15, -0.1) is 0 Å². The van der Waals surface area contributed by atoms with Gasteiger partial charge in [0.1, 0.15) is 0 Å². The molecule has 6 nitrogen and oxygen atoms in total. The van der Waals surface area contributed by atoms with Gasteiger partial charge in [-0.05, 0) is 18.6 Å². The van der Waals surface area contributed by atoms with E-state index in [9.17, 15) is 9.59 Å². The molecule has 0 saturated carbocycles. The molecule has 0 bridgehead atoms. The van der Waals surface area contributed by atoms with Gasteiger partial charge in [0, 0.05) is 26.6 Å². The van der Waals surface area contributed by atoms with Gasteiger partial charge in [0.05, 0.1) is 23.8 Å². The maximum Gasteiger partial charge on any atom is 0.261 e. The number of fused-ring (bicyclic) bond motifs is 1. The van der Waals surface area contributed by atoms with Crippen LogP contribution in [0.15, 0.2) is 29.3 Å². The Morgan fingerprint density at radius 1 is 1.43 bits per heavy atom. The lowest BCUT2D eigenvalue weighted by Crippen LogP contribution is -2.29. The van der Waals surface area contributed by atoms with E-state index < -0.39 is 0 Å². The minimum atomic E-state index is -0.117. The molecule has 0 aliphatic rings. The minimum absolute atomic E-state index is 0.108. The number of carbonyl (C=O) groups is 1. The molecule has 0 unspecified atom stereocenters. The Morgan fingerprint density at radius 3 is 3.00 bits per heavy atom. The van der Waals surface area contributed by atoms with Crippen molar-refractivity contribution in [2.75, 3.05) is 20.3 Å². The third kappa shape index (κ3) is 3.66. The maximum atomic E-state index is 12.3. The fourth-order valence-corrected chi connectivity index (χ4v) is 2.10. The number of amides is 1. The highest BCUT2D eigenvalue weighted by atomic mass is 16.5. The number of carbonyl (C=O) groups excluding carboxylic acids is 1. The molecule has 1 aromatic carbocycles. The first-order valence-corrected chi connectivity index (χ1v) is 6.84. The molecule has 112 valence electrons. The summed E-state index contributed by atoms with van der Waals surface area (Å²) in [5.41, 5.74) is 1.56. The van der Waals surface area contributed by atoms with Crippen LogP contribution in [0.2, 0.25) is 0 Å². The summed E-state index contributed by atoms with van der Waals surface area (Å²) in [4.78, 5) is 28.2. The number of para-hydroxylation sites is 1. The predicted molar refractivity (Wildman–Crippen MR) is 80.2 cm³/mol. The van der Waals surface area contributed by atoms with Crippen molar-refractivity contribution in [3.8, 4) is 0 Å². The van der Waals surface area contributed by atoms with Crippen molar-refractivity contribution < 1.29 is 9.53 Å². The van der Waals surface area contributed by atoms with Gasteiger partial charge in [-0.25, -0.2) is 4.98 Å². The van der Waals surface area contributed by atoms with Gasteiger partial charge in [0.15, 0.2) is 0 Å². The summed E-state index contributed by atoms with van der Waals surface area (Å²) in [5, 5.41) is 3.30. The smallest absolute Gasteiger partial charge is 0.261 e. The number of ether oxygens (including phenoxy) is 1. The fourth-order valence-electron chi connectivity index (χ4n) is 2.10. The second-order valence-corrected chi connectivity index (χ2v) is 4.81. The molecule has 1 aromatic heterocycles. The Hall–Kier alpha value is -2.21. The third-order valence-electron chi connectivity index (χ3n) is 3.26. The largest absolute Gasteiger partial charge is 0.383 e. The molecular weight excluding hydrogens is 270 g/mol. The number of nitrogens with one attached hydrogen (secondary N) is 1. The Morgan fingerprint density at radius 2 is 2.24 bits per heavy atom. The number of nitrogens with zero attached hydrogens (tertiary/aromatic N) is 2. The third-order valence-corrected chi connectivity index (χ3v) is 3.26. The van der Waals surface area contributed by atoms with Gasteiger partial charge < -0.3 is 10.1 Å². The molecule has 0 atom stereocenters. The molecule has 2 aromatic rings. The topological polar surface area (TPSA) is 73.2 Å². The summed E-state index contributed by atoms with van der Waals surface area (Å²) >= 11 is 0. The van der Waals surface area contributed by atoms with Crippen LogP contribution < -0.4 is 10.9 Å². The van der Waals surface area contributed by atoms with Crippen molar-refractivity contribution in [3.05, 3.63) is 40.4 Å². The Balaban J connectivity index is 2.08. The minimum Gasteiger partial charge on any atom is -0.383 e.